The predicted octanol–water partition coefficient (Wildman–Crippen LogP) is 10.2. The first kappa shape index (κ1) is 25.0. The molecule has 2 aromatic heterocycles. The Hall–Kier alpha value is -5.80. The van der Waals surface area contributed by atoms with E-state index in [1.165, 1.54) is 32.9 Å². The quantitative estimate of drug-likeness (QED) is 0.214. The summed E-state index contributed by atoms with van der Waals surface area (Å²) in [7, 11) is 0. The van der Waals surface area contributed by atoms with Crippen LogP contribution >= 0.6 is 0 Å². The van der Waals surface area contributed by atoms with Gasteiger partial charge in [-0.2, -0.15) is 0 Å². The van der Waals surface area contributed by atoms with E-state index in [9.17, 15) is 0 Å². The third-order valence-electron chi connectivity index (χ3n) is 8.03. The fraction of sp³-hybridized carbons (Fsp3) is 0. The van der Waals surface area contributed by atoms with Crippen LogP contribution in [0, 0.1) is 0 Å². The molecule has 2 heterocycles. The van der Waals surface area contributed by atoms with Gasteiger partial charge in [-0.1, -0.05) is 127 Å². The first-order valence-electron chi connectivity index (χ1n) is 14.5. The molecule has 8 aromatic rings. The molecule has 0 bridgehead atoms. The van der Waals surface area contributed by atoms with Crippen LogP contribution in [0.25, 0.3) is 72.5 Å². The minimum absolute atomic E-state index is 0.720. The second-order valence-corrected chi connectivity index (χ2v) is 10.7. The fourth-order valence-electron chi connectivity index (χ4n) is 5.91. The van der Waals surface area contributed by atoms with Gasteiger partial charge in [-0.25, -0.2) is 9.97 Å². The second kappa shape index (κ2) is 10.6. The maximum Gasteiger partial charge on any atom is 0.160 e. The third-order valence-corrected chi connectivity index (χ3v) is 8.03. The zero-order chi connectivity index (χ0) is 28.6. The Kier molecular flexibility index (Phi) is 6.12. The number of benzene rings is 6. The molecule has 0 fully saturated rings. The summed E-state index contributed by atoms with van der Waals surface area (Å²) in [5.41, 5.74) is 10.9. The van der Waals surface area contributed by atoms with Crippen molar-refractivity contribution in [2.75, 3.05) is 0 Å². The standard InChI is InChI=1S/C40H27N3/c1-4-12-28(13-5-1)32-22-25-39-35(26-32)34-18-10-11-19-38(34)43(39)33-23-20-30(21-24-33)37-27-36(29-14-6-2-7-15-29)41-40(42-37)31-16-8-3-9-17-31/h1-27H. The summed E-state index contributed by atoms with van der Waals surface area (Å²) in [4.78, 5) is 9.95. The topological polar surface area (TPSA) is 30.7 Å². The Balaban J connectivity index is 1.24. The van der Waals surface area contributed by atoms with Crippen LogP contribution in [0.3, 0.4) is 0 Å². The van der Waals surface area contributed by atoms with Gasteiger partial charge >= 0.3 is 0 Å². The Labute approximate surface area is 250 Å². The van der Waals surface area contributed by atoms with Crippen LogP contribution in [0.5, 0.6) is 0 Å². The molecule has 6 aromatic carbocycles. The highest BCUT2D eigenvalue weighted by molar-refractivity contribution is 6.10. The molecule has 0 N–H and O–H groups in total. The monoisotopic (exact) mass is 549 g/mol. The molecule has 0 amide bonds. The van der Waals surface area contributed by atoms with Gasteiger partial charge in [0.15, 0.2) is 5.82 Å². The predicted molar refractivity (Wildman–Crippen MR) is 178 cm³/mol. The van der Waals surface area contributed by atoms with Crippen LogP contribution in [-0.4, -0.2) is 14.5 Å². The normalized spacial score (nSPS) is 11.3. The van der Waals surface area contributed by atoms with Crippen molar-refractivity contribution in [1.82, 2.24) is 14.5 Å². The first-order valence-corrected chi connectivity index (χ1v) is 14.5. The van der Waals surface area contributed by atoms with E-state index in [0.717, 1.165) is 39.6 Å². The molecule has 0 spiro atoms. The van der Waals surface area contributed by atoms with E-state index >= 15 is 0 Å². The fourth-order valence-corrected chi connectivity index (χ4v) is 5.91. The van der Waals surface area contributed by atoms with E-state index in [-0.39, 0.29) is 0 Å². The number of nitrogens with zero attached hydrogens (tertiary/aromatic N) is 3. The zero-order valence-electron chi connectivity index (χ0n) is 23.4. The Morgan fingerprint density at radius 1 is 0.349 bits per heavy atom. The average Bonchev–Trinajstić information content (AvgIpc) is 3.43. The van der Waals surface area contributed by atoms with E-state index in [1.54, 1.807) is 0 Å². The smallest absolute Gasteiger partial charge is 0.160 e. The molecule has 0 saturated carbocycles. The van der Waals surface area contributed by atoms with Crippen molar-refractivity contribution < 1.29 is 0 Å². The van der Waals surface area contributed by atoms with Gasteiger partial charge < -0.3 is 4.57 Å². The summed E-state index contributed by atoms with van der Waals surface area (Å²) < 4.78 is 2.36. The van der Waals surface area contributed by atoms with Crippen molar-refractivity contribution in [3.63, 3.8) is 0 Å². The molecule has 0 atom stereocenters. The van der Waals surface area contributed by atoms with E-state index in [4.69, 9.17) is 9.97 Å². The summed E-state index contributed by atoms with van der Waals surface area (Å²) in [6.45, 7) is 0. The summed E-state index contributed by atoms with van der Waals surface area (Å²) in [6, 6.07) is 57.3. The van der Waals surface area contributed by atoms with Gasteiger partial charge in [-0.3, -0.25) is 0 Å². The number of hydrogen-bond donors (Lipinski definition) is 0. The van der Waals surface area contributed by atoms with Crippen molar-refractivity contribution in [2.24, 2.45) is 0 Å². The van der Waals surface area contributed by atoms with E-state index in [0.29, 0.717) is 0 Å². The highest BCUT2D eigenvalue weighted by Gasteiger charge is 2.14. The van der Waals surface area contributed by atoms with Gasteiger partial charge in [0, 0.05) is 33.2 Å². The van der Waals surface area contributed by atoms with Crippen molar-refractivity contribution in [2.45, 2.75) is 0 Å². The summed E-state index contributed by atoms with van der Waals surface area (Å²) in [6.07, 6.45) is 0. The minimum atomic E-state index is 0.720. The molecule has 0 aliphatic carbocycles. The molecule has 3 nitrogen and oxygen atoms in total. The van der Waals surface area contributed by atoms with Crippen molar-refractivity contribution in [3.05, 3.63) is 164 Å². The first-order chi connectivity index (χ1) is 21.3. The van der Waals surface area contributed by atoms with Crippen LogP contribution in [0.15, 0.2) is 164 Å². The van der Waals surface area contributed by atoms with Gasteiger partial charge in [0.1, 0.15) is 0 Å². The van der Waals surface area contributed by atoms with Crippen molar-refractivity contribution in [1.29, 1.82) is 0 Å². The van der Waals surface area contributed by atoms with Gasteiger partial charge in [0.2, 0.25) is 0 Å². The maximum atomic E-state index is 5.01. The maximum absolute atomic E-state index is 5.01. The molecule has 0 radical (unpaired) electrons. The van der Waals surface area contributed by atoms with E-state index in [1.807, 2.05) is 36.4 Å². The number of para-hydroxylation sites is 1. The minimum Gasteiger partial charge on any atom is -0.309 e. The Morgan fingerprint density at radius 2 is 0.860 bits per heavy atom. The highest BCUT2D eigenvalue weighted by Crippen LogP contribution is 2.35. The van der Waals surface area contributed by atoms with Crippen LogP contribution in [0.1, 0.15) is 0 Å². The lowest BCUT2D eigenvalue weighted by Crippen LogP contribution is -1.97. The Morgan fingerprint density at radius 3 is 1.53 bits per heavy atom. The highest BCUT2D eigenvalue weighted by atomic mass is 15.0. The average molecular weight is 550 g/mol. The van der Waals surface area contributed by atoms with Crippen molar-refractivity contribution in [3.8, 4) is 50.7 Å². The second-order valence-electron chi connectivity index (χ2n) is 10.7. The summed E-state index contributed by atoms with van der Waals surface area (Å²) in [5.74, 6) is 0.720. The molecule has 3 heteroatoms. The molecule has 8 rings (SSSR count). The molecule has 0 aliphatic rings. The molecular formula is C40H27N3. The van der Waals surface area contributed by atoms with Crippen LogP contribution in [-0.2, 0) is 0 Å². The van der Waals surface area contributed by atoms with Crippen LogP contribution < -0.4 is 0 Å². The van der Waals surface area contributed by atoms with E-state index < -0.39 is 0 Å². The molecule has 0 unspecified atom stereocenters. The number of hydrogen-bond acceptors (Lipinski definition) is 2. The van der Waals surface area contributed by atoms with Crippen LogP contribution in [0.4, 0.5) is 0 Å². The lowest BCUT2D eigenvalue weighted by Gasteiger charge is -2.11. The third kappa shape index (κ3) is 4.58. The number of fused-ring (bicyclic) bond motifs is 3. The molecule has 0 aliphatic heterocycles. The lowest BCUT2D eigenvalue weighted by molar-refractivity contribution is 1.17. The van der Waals surface area contributed by atoms with Gasteiger partial charge in [-0.05, 0) is 47.5 Å². The Bertz CT molecular complexity index is 2140. The van der Waals surface area contributed by atoms with Gasteiger partial charge in [0.25, 0.3) is 0 Å². The molecule has 202 valence electrons. The van der Waals surface area contributed by atoms with Gasteiger partial charge in [0.05, 0.1) is 22.4 Å². The van der Waals surface area contributed by atoms with Crippen LogP contribution in [0.2, 0.25) is 0 Å². The van der Waals surface area contributed by atoms with Gasteiger partial charge in [-0.15, -0.1) is 0 Å². The zero-order valence-corrected chi connectivity index (χ0v) is 23.4. The largest absolute Gasteiger partial charge is 0.309 e. The number of rotatable bonds is 5. The number of aromatic nitrogens is 3. The molecular weight excluding hydrogens is 522 g/mol. The lowest BCUT2D eigenvalue weighted by atomic mass is 10.0. The summed E-state index contributed by atoms with van der Waals surface area (Å²) in [5, 5.41) is 2.49. The van der Waals surface area contributed by atoms with Crippen molar-refractivity contribution >= 4 is 21.8 Å². The molecule has 43 heavy (non-hydrogen) atoms. The SMILES string of the molecule is c1ccc(-c2ccc3c(c2)c2ccccc2n3-c2ccc(-c3cc(-c4ccccc4)nc(-c4ccccc4)n3)cc2)cc1. The summed E-state index contributed by atoms with van der Waals surface area (Å²) >= 11 is 0. The molecule has 0 saturated heterocycles. The van der Waals surface area contributed by atoms with E-state index in [2.05, 4.69) is 132 Å².